The number of aromatic nitrogens is 1. The standard InChI is InChI=1S/C19H17BClF3N2/c1-10-7-12(3)25-18(10)17(15-6-5-14(22)9-16(15)21)19-11(2)8-13(4)26(19)20(25,23)24/h5-9H,1-4H3. The molecule has 0 N–H and O–H groups in total. The molecule has 1 aromatic heterocycles. The van der Waals surface area contributed by atoms with E-state index in [-0.39, 0.29) is 5.02 Å². The summed E-state index contributed by atoms with van der Waals surface area (Å²) in [6.07, 6.45) is 1.75. The Kier molecular flexibility index (Phi) is 3.57. The lowest BCUT2D eigenvalue weighted by Gasteiger charge is -2.34. The van der Waals surface area contributed by atoms with Crippen LogP contribution in [0.4, 0.5) is 13.0 Å². The molecule has 2 nitrogen and oxygen atoms in total. The summed E-state index contributed by atoms with van der Waals surface area (Å²) in [5.41, 5.74) is 4.48. The van der Waals surface area contributed by atoms with E-state index >= 15 is 8.63 Å². The van der Waals surface area contributed by atoms with Gasteiger partial charge in [-0.1, -0.05) is 11.6 Å². The number of fused-ring (bicyclic) bond motifs is 2. The van der Waals surface area contributed by atoms with Crippen molar-refractivity contribution in [3.63, 3.8) is 0 Å². The van der Waals surface area contributed by atoms with Gasteiger partial charge >= 0.3 is 6.97 Å². The Balaban J connectivity index is 2.20. The Morgan fingerprint density at radius 2 is 1.77 bits per heavy atom. The van der Waals surface area contributed by atoms with Crippen LogP contribution in [0.1, 0.15) is 36.4 Å². The van der Waals surface area contributed by atoms with E-state index in [9.17, 15) is 4.39 Å². The zero-order valence-electron chi connectivity index (χ0n) is 14.9. The Labute approximate surface area is 155 Å². The van der Waals surface area contributed by atoms with Crippen LogP contribution in [-0.2, 0) is 0 Å². The van der Waals surface area contributed by atoms with Crippen LogP contribution < -0.4 is 0 Å². The summed E-state index contributed by atoms with van der Waals surface area (Å²) in [7, 11) is 0. The topological polar surface area (TPSA) is 7.94 Å². The summed E-state index contributed by atoms with van der Waals surface area (Å²) >= 11 is 6.32. The molecule has 0 spiro atoms. The molecule has 0 saturated carbocycles. The fourth-order valence-electron chi connectivity index (χ4n) is 4.25. The summed E-state index contributed by atoms with van der Waals surface area (Å²) in [5.74, 6) is -0.462. The molecule has 0 bridgehead atoms. The Morgan fingerprint density at radius 3 is 2.42 bits per heavy atom. The highest BCUT2D eigenvalue weighted by molar-refractivity contribution is 6.58. The predicted molar refractivity (Wildman–Crippen MR) is 99.4 cm³/mol. The molecule has 0 saturated heterocycles. The lowest BCUT2D eigenvalue weighted by molar-refractivity contribution is -0.363. The van der Waals surface area contributed by atoms with Crippen LogP contribution in [0.3, 0.4) is 0 Å². The van der Waals surface area contributed by atoms with Crippen LogP contribution in [0.2, 0.25) is 5.02 Å². The SMILES string of the molecule is CC1=CC(C)=[N+]2C1=C(c1ccc(F)cc1Cl)c1c(C)cc(C)n1[B-]2(F)F. The van der Waals surface area contributed by atoms with Crippen LogP contribution in [0.5, 0.6) is 0 Å². The monoisotopic (exact) mass is 376 g/mol. The van der Waals surface area contributed by atoms with Crippen molar-refractivity contribution < 1.29 is 17.5 Å². The quantitative estimate of drug-likeness (QED) is 0.595. The van der Waals surface area contributed by atoms with Gasteiger partial charge in [-0.25, -0.2) is 4.39 Å². The van der Waals surface area contributed by atoms with Gasteiger partial charge in [-0.3, -0.25) is 0 Å². The van der Waals surface area contributed by atoms with E-state index in [0.717, 1.165) is 20.1 Å². The number of rotatable bonds is 1. The maximum Gasteiger partial charge on any atom is 0.737 e. The van der Waals surface area contributed by atoms with Crippen molar-refractivity contribution in [2.24, 2.45) is 0 Å². The molecule has 0 fully saturated rings. The average molecular weight is 377 g/mol. The molecule has 0 radical (unpaired) electrons. The van der Waals surface area contributed by atoms with Gasteiger partial charge in [0, 0.05) is 29.8 Å². The molecule has 2 aromatic rings. The summed E-state index contributed by atoms with van der Waals surface area (Å²) in [6, 6.07) is 5.82. The maximum atomic E-state index is 15.5. The fourth-order valence-corrected chi connectivity index (χ4v) is 4.51. The maximum absolute atomic E-state index is 15.5. The van der Waals surface area contributed by atoms with Crippen molar-refractivity contribution in [1.29, 1.82) is 0 Å². The zero-order valence-corrected chi connectivity index (χ0v) is 15.6. The fraction of sp³-hybridized carbons (Fsp3) is 0.211. The van der Waals surface area contributed by atoms with E-state index in [1.807, 2.05) is 13.8 Å². The lowest BCUT2D eigenvalue weighted by atomic mass is 9.84. The summed E-state index contributed by atoms with van der Waals surface area (Å²) in [5, 5.41) is 0.201. The minimum atomic E-state index is -4.03. The third kappa shape index (κ3) is 2.11. The van der Waals surface area contributed by atoms with Crippen LogP contribution in [0.15, 0.2) is 41.6 Å². The number of benzene rings is 1. The van der Waals surface area contributed by atoms with Crippen molar-refractivity contribution in [3.05, 3.63) is 75.0 Å². The molecule has 4 rings (SSSR count). The molecular weight excluding hydrogens is 359 g/mol. The second-order valence-electron chi connectivity index (χ2n) is 6.96. The van der Waals surface area contributed by atoms with Gasteiger partial charge in [-0.2, -0.15) is 0 Å². The molecule has 7 heteroatoms. The van der Waals surface area contributed by atoms with Crippen molar-refractivity contribution in [3.8, 4) is 0 Å². The Morgan fingerprint density at radius 1 is 1.08 bits per heavy atom. The Bertz CT molecular complexity index is 1080. The number of hydrogen-bond donors (Lipinski definition) is 0. The average Bonchev–Trinajstić information content (AvgIpc) is 2.99. The third-order valence-electron chi connectivity index (χ3n) is 5.13. The van der Waals surface area contributed by atoms with Crippen molar-refractivity contribution in [1.82, 2.24) is 4.48 Å². The van der Waals surface area contributed by atoms with Crippen LogP contribution in [-0.4, -0.2) is 21.6 Å². The smallest absolute Gasteiger partial charge is 0.393 e. The first-order chi connectivity index (χ1) is 12.1. The van der Waals surface area contributed by atoms with Crippen LogP contribution in [0, 0.1) is 19.7 Å². The van der Waals surface area contributed by atoms with Crippen LogP contribution in [0.25, 0.3) is 5.57 Å². The van der Waals surface area contributed by atoms with Gasteiger partial charge in [0.05, 0.1) is 10.6 Å². The number of allylic oxidation sites excluding steroid dienone is 2. The van der Waals surface area contributed by atoms with Gasteiger partial charge < -0.3 is 17.6 Å². The van der Waals surface area contributed by atoms with Crippen molar-refractivity contribution in [2.75, 3.05) is 0 Å². The predicted octanol–water partition coefficient (Wildman–Crippen LogP) is 5.33. The zero-order chi connectivity index (χ0) is 19.0. The summed E-state index contributed by atoms with van der Waals surface area (Å²) in [4.78, 5) is 0. The van der Waals surface area contributed by atoms with Gasteiger partial charge in [-0.05, 0) is 56.3 Å². The van der Waals surface area contributed by atoms with Gasteiger partial charge in [-0.15, -0.1) is 0 Å². The molecule has 2 aliphatic heterocycles. The molecule has 0 atom stereocenters. The molecule has 0 amide bonds. The van der Waals surface area contributed by atoms with E-state index in [1.165, 1.54) is 12.1 Å². The molecule has 0 unspecified atom stereocenters. The lowest BCUT2D eigenvalue weighted by Crippen LogP contribution is -2.51. The molecule has 134 valence electrons. The first-order valence-corrected chi connectivity index (χ1v) is 8.75. The largest absolute Gasteiger partial charge is 0.737 e. The molecular formula is C19H17BClF3N2. The normalized spacial score (nSPS) is 18.2. The number of halogens is 4. The first-order valence-electron chi connectivity index (χ1n) is 8.37. The number of hydrogen-bond acceptors (Lipinski definition) is 0. The van der Waals surface area contributed by atoms with Gasteiger partial charge in [0.25, 0.3) is 0 Å². The third-order valence-corrected chi connectivity index (χ3v) is 5.45. The van der Waals surface area contributed by atoms with Crippen molar-refractivity contribution in [2.45, 2.75) is 27.7 Å². The van der Waals surface area contributed by atoms with Gasteiger partial charge in [0.1, 0.15) is 11.5 Å². The first kappa shape index (κ1) is 17.2. The molecule has 26 heavy (non-hydrogen) atoms. The van der Waals surface area contributed by atoms with Crippen molar-refractivity contribution >= 4 is 29.9 Å². The van der Waals surface area contributed by atoms with Gasteiger partial charge in [0.15, 0.2) is 5.70 Å². The molecule has 1 aromatic carbocycles. The summed E-state index contributed by atoms with van der Waals surface area (Å²) < 4.78 is 46.7. The minimum absolute atomic E-state index is 0.201. The van der Waals surface area contributed by atoms with Crippen LogP contribution >= 0.6 is 11.6 Å². The second-order valence-corrected chi connectivity index (χ2v) is 7.37. The Hall–Kier alpha value is -2.21. The summed E-state index contributed by atoms with van der Waals surface area (Å²) in [6.45, 7) is 2.94. The highest BCUT2D eigenvalue weighted by Gasteiger charge is 2.55. The second kappa shape index (κ2) is 5.40. The van der Waals surface area contributed by atoms with Gasteiger partial charge in [0.2, 0.25) is 0 Å². The molecule has 3 heterocycles. The van der Waals surface area contributed by atoms with E-state index < -0.39 is 12.8 Å². The molecule has 2 aliphatic rings. The molecule has 0 aliphatic carbocycles. The highest BCUT2D eigenvalue weighted by Crippen LogP contribution is 2.45. The van der Waals surface area contributed by atoms with E-state index in [0.29, 0.717) is 33.9 Å². The highest BCUT2D eigenvalue weighted by atomic mass is 35.5. The van der Waals surface area contributed by atoms with E-state index in [1.54, 1.807) is 32.1 Å². The minimum Gasteiger partial charge on any atom is -0.393 e. The number of aryl methyl sites for hydroxylation is 2. The number of nitrogens with zero attached hydrogens (tertiary/aromatic N) is 2. The van der Waals surface area contributed by atoms with E-state index in [2.05, 4.69) is 0 Å². The van der Waals surface area contributed by atoms with E-state index in [4.69, 9.17) is 11.6 Å².